The van der Waals surface area contributed by atoms with Crippen LogP contribution >= 0.6 is 11.6 Å². The number of hydrazone groups is 1. The summed E-state index contributed by atoms with van der Waals surface area (Å²) in [4.78, 5) is 13.1. The van der Waals surface area contributed by atoms with Crippen molar-refractivity contribution >= 4 is 29.0 Å². The van der Waals surface area contributed by atoms with E-state index in [1.54, 1.807) is 0 Å². The van der Waals surface area contributed by atoms with E-state index in [2.05, 4.69) is 43.4 Å². The Bertz CT molecular complexity index is 1380. The highest BCUT2D eigenvalue weighted by Crippen LogP contribution is 2.30. The number of nitrogens with one attached hydrogen (secondary N) is 1. The smallest absolute Gasteiger partial charge is 0.342 e. The number of nitrogens with zero attached hydrogens (tertiary/aromatic N) is 2. The molecular weight excluding hydrogens is 482 g/mol. The van der Waals surface area contributed by atoms with Crippen molar-refractivity contribution in [2.24, 2.45) is 5.10 Å². The Balaban J connectivity index is 1.28. The van der Waals surface area contributed by atoms with Gasteiger partial charge in [-0.3, -0.25) is 0 Å². The van der Waals surface area contributed by atoms with Gasteiger partial charge < -0.3 is 10.1 Å². The van der Waals surface area contributed by atoms with E-state index >= 15 is 0 Å². The first-order chi connectivity index (χ1) is 18.0. The molecule has 0 bridgehead atoms. The normalized spacial score (nSPS) is 15.0. The van der Waals surface area contributed by atoms with Gasteiger partial charge in [0.05, 0.1) is 12.3 Å². The molecule has 1 heterocycles. The highest BCUT2D eigenvalue weighted by Gasteiger charge is 2.32. The predicted octanol–water partition coefficient (Wildman–Crippen LogP) is 8.29. The highest BCUT2D eigenvalue weighted by atomic mass is 35.5. The average molecular weight is 510 g/mol. The van der Waals surface area contributed by atoms with E-state index < -0.39 is 0 Å². The Morgan fingerprint density at radius 2 is 1.51 bits per heavy atom. The molecule has 0 aromatic heterocycles. The third-order valence-corrected chi connectivity index (χ3v) is 6.63. The van der Waals surface area contributed by atoms with E-state index in [1.807, 2.05) is 78.9 Å². The molecule has 0 aliphatic carbocycles. The number of hydrogen-bond acceptors (Lipinski definition) is 3. The SMILES string of the molecule is CC(C)c1ccc(Oc2ccc(NC(=O)N3CC(c4ccccc4)C(c4ccc(Cl)cc4)=N3)cc2)cc1. The lowest BCUT2D eigenvalue weighted by atomic mass is 9.91. The number of benzene rings is 4. The molecule has 1 atom stereocenters. The van der Waals surface area contributed by atoms with Crippen molar-refractivity contribution in [3.8, 4) is 11.5 Å². The van der Waals surface area contributed by atoms with Gasteiger partial charge >= 0.3 is 6.03 Å². The van der Waals surface area contributed by atoms with Gasteiger partial charge in [-0.1, -0.05) is 80.0 Å². The summed E-state index contributed by atoms with van der Waals surface area (Å²) >= 11 is 6.09. The minimum Gasteiger partial charge on any atom is -0.457 e. The molecule has 186 valence electrons. The summed E-state index contributed by atoms with van der Waals surface area (Å²) in [6, 6.07) is 32.8. The molecule has 0 spiro atoms. The van der Waals surface area contributed by atoms with Crippen molar-refractivity contribution in [3.05, 3.63) is 125 Å². The Morgan fingerprint density at radius 1 is 0.892 bits per heavy atom. The summed E-state index contributed by atoms with van der Waals surface area (Å²) in [6.07, 6.45) is 0. The number of rotatable bonds is 6. The van der Waals surface area contributed by atoms with Crippen LogP contribution in [0.4, 0.5) is 10.5 Å². The first-order valence-electron chi connectivity index (χ1n) is 12.3. The first kappa shape index (κ1) is 24.6. The van der Waals surface area contributed by atoms with Crippen LogP contribution in [0.3, 0.4) is 0 Å². The highest BCUT2D eigenvalue weighted by molar-refractivity contribution is 6.30. The predicted molar refractivity (Wildman–Crippen MR) is 150 cm³/mol. The zero-order valence-electron chi connectivity index (χ0n) is 20.8. The van der Waals surface area contributed by atoms with Gasteiger partial charge in [0.1, 0.15) is 11.5 Å². The van der Waals surface area contributed by atoms with Crippen molar-refractivity contribution in [1.29, 1.82) is 0 Å². The van der Waals surface area contributed by atoms with Crippen molar-refractivity contribution < 1.29 is 9.53 Å². The maximum atomic E-state index is 13.1. The van der Waals surface area contributed by atoms with Crippen molar-refractivity contribution in [1.82, 2.24) is 5.01 Å². The van der Waals surface area contributed by atoms with E-state index in [1.165, 1.54) is 10.6 Å². The fourth-order valence-electron chi connectivity index (χ4n) is 4.31. The van der Waals surface area contributed by atoms with E-state index in [4.69, 9.17) is 21.4 Å². The van der Waals surface area contributed by atoms with Gasteiger partial charge in [0.15, 0.2) is 0 Å². The molecule has 4 aromatic carbocycles. The molecular formula is C31H28ClN3O2. The molecule has 4 aromatic rings. The van der Waals surface area contributed by atoms with Gasteiger partial charge in [0.25, 0.3) is 0 Å². The Kier molecular flexibility index (Phi) is 7.24. The molecule has 1 N–H and O–H groups in total. The van der Waals surface area contributed by atoms with Gasteiger partial charge in [0.2, 0.25) is 0 Å². The zero-order valence-corrected chi connectivity index (χ0v) is 21.5. The number of amides is 2. The van der Waals surface area contributed by atoms with Crippen LogP contribution in [0, 0.1) is 0 Å². The largest absolute Gasteiger partial charge is 0.457 e. The maximum Gasteiger partial charge on any atom is 0.342 e. The van der Waals surface area contributed by atoms with Crippen LogP contribution in [0.5, 0.6) is 11.5 Å². The lowest BCUT2D eigenvalue weighted by Gasteiger charge is -2.16. The Morgan fingerprint density at radius 3 is 2.14 bits per heavy atom. The van der Waals surface area contributed by atoms with E-state index in [0.717, 1.165) is 22.6 Å². The molecule has 0 fully saturated rings. The fraction of sp³-hybridized carbons (Fsp3) is 0.161. The van der Waals surface area contributed by atoms with Crippen LogP contribution in [-0.4, -0.2) is 23.3 Å². The summed E-state index contributed by atoms with van der Waals surface area (Å²) < 4.78 is 5.95. The molecule has 5 rings (SSSR count). The minimum atomic E-state index is -0.289. The molecule has 0 saturated carbocycles. The fourth-order valence-corrected chi connectivity index (χ4v) is 4.43. The van der Waals surface area contributed by atoms with Gasteiger partial charge in [-0.05, 0) is 71.1 Å². The lowest BCUT2D eigenvalue weighted by Crippen LogP contribution is -2.30. The summed E-state index contributed by atoms with van der Waals surface area (Å²) in [6.45, 7) is 4.77. The van der Waals surface area contributed by atoms with E-state index in [9.17, 15) is 4.79 Å². The molecule has 1 unspecified atom stereocenters. The zero-order chi connectivity index (χ0) is 25.8. The lowest BCUT2D eigenvalue weighted by molar-refractivity contribution is 0.218. The van der Waals surface area contributed by atoms with Crippen LogP contribution in [0.2, 0.25) is 5.02 Å². The number of carbonyl (C=O) groups excluding carboxylic acids is 1. The number of carbonyl (C=O) groups is 1. The quantitative estimate of drug-likeness (QED) is 0.284. The Labute approximate surface area is 222 Å². The van der Waals surface area contributed by atoms with Crippen LogP contribution in [0.25, 0.3) is 0 Å². The van der Waals surface area contributed by atoms with Gasteiger partial charge in [0, 0.05) is 16.6 Å². The summed E-state index contributed by atoms with van der Waals surface area (Å²) in [5.41, 5.74) is 4.82. The van der Waals surface area contributed by atoms with Crippen LogP contribution in [0.1, 0.15) is 42.4 Å². The molecule has 0 radical (unpaired) electrons. The van der Waals surface area contributed by atoms with Gasteiger partial charge in [-0.25, -0.2) is 9.80 Å². The molecule has 1 aliphatic heterocycles. The average Bonchev–Trinajstić information content (AvgIpc) is 3.37. The van der Waals surface area contributed by atoms with Gasteiger partial charge in [-0.2, -0.15) is 5.10 Å². The maximum absolute atomic E-state index is 13.1. The molecule has 5 nitrogen and oxygen atoms in total. The van der Waals surface area contributed by atoms with Crippen molar-refractivity contribution in [3.63, 3.8) is 0 Å². The van der Waals surface area contributed by atoms with Crippen LogP contribution < -0.4 is 10.1 Å². The standard InChI is InChI=1S/C31H28ClN3O2/c1-21(2)22-10-16-27(17-11-22)37-28-18-14-26(15-19-28)33-31(36)35-20-29(23-6-4-3-5-7-23)30(34-35)24-8-12-25(32)13-9-24/h3-19,21,29H,20H2,1-2H3,(H,33,36). The van der Waals surface area contributed by atoms with Crippen molar-refractivity contribution in [2.75, 3.05) is 11.9 Å². The van der Waals surface area contributed by atoms with Crippen LogP contribution in [-0.2, 0) is 0 Å². The van der Waals surface area contributed by atoms with Crippen molar-refractivity contribution in [2.45, 2.75) is 25.7 Å². The van der Waals surface area contributed by atoms with Gasteiger partial charge in [-0.15, -0.1) is 0 Å². The number of urea groups is 1. The van der Waals surface area contributed by atoms with Crippen LogP contribution in [0.15, 0.2) is 108 Å². The molecule has 0 saturated heterocycles. The number of ether oxygens (including phenoxy) is 1. The van der Waals surface area contributed by atoms with E-state index in [0.29, 0.717) is 28.9 Å². The molecule has 37 heavy (non-hydrogen) atoms. The number of halogens is 1. The third kappa shape index (κ3) is 5.84. The summed E-state index contributed by atoms with van der Waals surface area (Å²) in [5, 5.41) is 9.80. The minimum absolute atomic E-state index is 0.0361. The molecule has 6 heteroatoms. The first-order valence-corrected chi connectivity index (χ1v) is 12.7. The summed E-state index contributed by atoms with van der Waals surface area (Å²) in [5.74, 6) is 1.91. The number of anilines is 1. The molecule has 1 aliphatic rings. The third-order valence-electron chi connectivity index (χ3n) is 6.38. The topological polar surface area (TPSA) is 53.9 Å². The second-order valence-electron chi connectivity index (χ2n) is 9.32. The second kappa shape index (κ2) is 10.9. The monoisotopic (exact) mass is 509 g/mol. The number of hydrogen-bond donors (Lipinski definition) is 1. The second-order valence-corrected chi connectivity index (χ2v) is 9.75. The molecule has 2 amide bonds. The summed E-state index contributed by atoms with van der Waals surface area (Å²) in [7, 11) is 0. The Hall–Kier alpha value is -4.09. The van der Waals surface area contributed by atoms with E-state index in [-0.39, 0.29) is 11.9 Å².